The lowest BCUT2D eigenvalue weighted by atomic mass is 10.1. The zero-order chi connectivity index (χ0) is 12.5. The Morgan fingerprint density at radius 3 is 2.59 bits per heavy atom. The summed E-state index contributed by atoms with van der Waals surface area (Å²) >= 11 is 1.87. The molecule has 0 bridgehead atoms. The molecule has 0 aliphatic rings. The maximum atomic E-state index is 3.45. The molecule has 1 rings (SSSR count). The molecule has 1 atom stereocenters. The first-order valence-corrected chi connectivity index (χ1v) is 7.60. The minimum Gasteiger partial charge on any atom is -0.317 e. The molecule has 0 saturated carbocycles. The summed E-state index contributed by atoms with van der Waals surface area (Å²) in [5, 5.41) is 5.61. The maximum Gasteiger partial charge on any atom is 0.00796 e. The highest BCUT2D eigenvalue weighted by Crippen LogP contribution is 2.13. The third kappa shape index (κ3) is 5.66. The van der Waals surface area contributed by atoms with Gasteiger partial charge in [-0.05, 0) is 57.4 Å². The minimum absolute atomic E-state index is 0.651. The van der Waals surface area contributed by atoms with Crippen LogP contribution in [0.5, 0.6) is 0 Å². The van der Waals surface area contributed by atoms with Crippen LogP contribution in [-0.2, 0) is 6.42 Å². The van der Waals surface area contributed by atoms with Crippen LogP contribution >= 0.6 is 11.3 Å². The van der Waals surface area contributed by atoms with Crippen molar-refractivity contribution in [3.63, 3.8) is 0 Å². The van der Waals surface area contributed by atoms with Crippen LogP contribution in [0.4, 0.5) is 0 Å². The quantitative estimate of drug-likeness (QED) is 0.729. The topological polar surface area (TPSA) is 15.3 Å². The van der Waals surface area contributed by atoms with Crippen LogP contribution in [0.15, 0.2) is 17.5 Å². The van der Waals surface area contributed by atoms with Crippen molar-refractivity contribution >= 4 is 11.3 Å². The first-order chi connectivity index (χ1) is 8.30. The normalized spacial score (nSPS) is 13.2. The Bertz CT molecular complexity index is 268. The fourth-order valence-electron chi connectivity index (χ4n) is 2.08. The molecule has 0 aliphatic heterocycles. The van der Waals surface area contributed by atoms with Gasteiger partial charge in [0.15, 0.2) is 0 Å². The Labute approximate surface area is 110 Å². The summed E-state index contributed by atoms with van der Waals surface area (Å²) in [6.07, 6.45) is 3.71. The smallest absolute Gasteiger partial charge is 0.00796 e. The fourth-order valence-corrected chi connectivity index (χ4v) is 2.81. The van der Waals surface area contributed by atoms with E-state index < -0.39 is 0 Å². The molecule has 1 heterocycles. The zero-order valence-corrected chi connectivity index (χ0v) is 12.2. The van der Waals surface area contributed by atoms with Crippen LogP contribution in [0, 0.1) is 0 Å². The van der Waals surface area contributed by atoms with E-state index in [1.807, 2.05) is 11.3 Å². The van der Waals surface area contributed by atoms with Gasteiger partial charge in [0, 0.05) is 10.9 Å². The van der Waals surface area contributed by atoms with Crippen molar-refractivity contribution in [3.05, 3.63) is 22.4 Å². The van der Waals surface area contributed by atoms with Crippen molar-refractivity contribution in [1.82, 2.24) is 10.2 Å². The summed E-state index contributed by atoms with van der Waals surface area (Å²) in [7, 11) is 2.08. The fraction of sp³-hybridized carbons (Fsp3) is 0.714. The van der Waals surface area contributed by atoms with Crippen molar-refractivity contribution < 1.29 is 0 Å². The number of hydrogen-bond acceptors (Lipinski definition) is 3. The first-order valence-electron chi connectivity index (χ1n) is 6.72. The van der Waals surface area contributed by atoms with E-state index in [1.54, 1.807) is 0 Å². The lowest BCUT2D eigenvalue weighted by Gasteiger charge is -2.22. The van der Waals surface area contributed by atoms with Gasteiger partial charge in [-0.1, -0.05) is 19.9 Å². The number of nitrogens with one attached hydrogen (secondary N) is 1. The minimum atomic E-state index is 0.651. The van der Waals surface area contributed by atoms with E-state index in [2.05, 4.69) is 48.6 Å². The van der Waals surface area contributed by atoms with Crippen LogP contribution < -0.4 is 5.32 Å². The molecular weight excluding hydrogens is 228 g/mol. The number of hydrogen-bond donors (Lipinski definition) is 1. The predicted octanol–water partition coefficient (Wildman–Crippen LogP) is 3.00. The Morgan fingerprint density at radius 1 is 1.29 bits per heavy atom. The molecular formula is C14H26N2S. The predicted molar refractivity (Wildman–Crippen MR) is 77.9 cm³/mol. The van der Waals surface area contributed by atoms with E-state index >= 15 is 0 Å². The Balaban J connectivity index is 2.23. The molecule has 0 saturated heterocycles. The third-order valence-corrected chi connectivity index (χ3v) is 4.35. The Kier molecular flexibility index (Phi) is 7.49. The largest absolute Gasteiger partial charge is 0.317 e. The van der Waals surface area contributed by atoms with E-state index in [1.165, 1.54) is 30.7 Å². The SMILES string of the molecule is CCN(CC)CCC(CCc1cccs1)NC. The Morgan fingerprint density at radius 2 is 2.06 bits per heavy atom. The molecule has 2 nitrogen and oxygen atoms in total. The van der Waals surface area contributed by atoms with Crippen molar-refractivity contribution in [3.8, 4) is 0 Å². The van der Waals surface area contributed by atoms with Gasteiger partial charge in [0.2, 0.25) is 0 Å². The highest BCUT2D eigenvalue weighted by atomic mass is 32.1. The van der Waals surface area contributed by atoms with E-state index in [0.717, 1.165) is 13.1 Å². The van der Waals surface area contributed by atoms with E-state index in [9.17, 15) is 0 Å². The summed E-state index contributed by atoms with van der Waals surface area (Å²) < 4.78 is 0. The molecule has 0 radical (unpaired) electrons. The highest BCUT2D eigenvalue weighted by molar-refractivity contribution is 7.09. The standard InChI is InChI=1S/C14H26N2S/c1-4-16(5-2)11-10-13(15-3)8-9-14-7-6-12-17-14/h6-7,12-13,15H,4-5,8-11H2,1-3H3. The van der Waals surface area contributed by atoms with Gasteiger partial charge in [-0.3, -0.25) is 0 Å². The average Bonchev–Trinajstić information content (AvgIpc) is 2.87. The molecule has 1 aromatic heterocycles. The number of aryl methyl sites for hydroxylation is 1. The lowest BCUT2D eigenvalue weighted by Crippen LogP contribution is -2.32. The summed E-state index contributed by atoms with van der Waals surface area (Å²) in [6.45, 7) is 8.02. The van der Waals surface area contributed by atoms with Gasteiger partial charge in [-0.25, -0.2) is 0 Å². The van der Waals surface area contributed by atoms with Crippen LogP contribution in [0.1, 0.15) is 31.6 Å². The van der Waals surface area contributed by atoms with Gasteiger partial charge in [-0.2, -0.15) is 0 Å². The molecule has 98 valence electrons. The molecule has 3 heteroatoms. The van der Waals surface area contributed by atoms with Gasteiger partial charge < -0.3 is 10.2 Å². The van der Waals surface area contributed by atoms with Crippen LogP contribution in [-0.4, -0.2) is 37.6 Å². The van der Waals surface area contributed by atoms with E-state index in [4.69, 9.17) is 0 Å². The summed E-state index contributed by atoms with van der Waals surface area (Å²) in [5.41, 5.74) is 0. The average molecular weight is 254 g/mol. The molecule has 0 amide bonds. The van der Waals surface area contributed by atoms with Gasteiger partial charge in [0.1, 0.15) is 0 Å². The van der Waals surface area contributed by atoms with Gasteiger partial charge in [0.25, 0.3) is 0 Å². The first kappa shape index (κ1) is 14.7. The highest BCUT2D eigenvalue weighted by Gasteiger charge is 2.08. The van der Waals surface area contributed by atoms with Crippen molar-refractivity contribution in [1.29, 1.82) is 0 Å². The molecule has 1 N–H and O–H groups in total. The number of thiophene rings is 1. The molecule has 0 fully saturated rings. The number of rotatable bonds is 9. The zero-order valence-electron chi connectivity index (χ0n) is 11.4. The van der Waals surface area contributed by atoms with Crippen molar-refractivity contribution in [2.24, 2.45) is 0 Å². The molecule has 1 aromatic rings. The third-order valence-electron chi connectivity index (χ3n) is 3.42. The van der Waals surface area contributed by atoms with Gasteiger partial charge in [0.05, 0.1) is 0 Å². The molecule has 0 aromatic carbocycles. The van der Waals surface area contributed by atoms with Crippen LogP contribution in [0.25, 0.3) is 0 Å². The van der Waals surface area contributed by atoms with E-state index in [-0.39, 0.29) is 0 Å². The van der Waals surface area contributed by atoms with Gasteiger partial charge in [-0.15, -0.1) is 11.3 Å². The van der Waals surface area contributed by atoms with Crippen molar-refractivity contribution in [2.75, 3.05) is 26.7 Å². The second kappa shape index (κ2) is 8.67. The molecule has 0 aliphatic carbocycles. The molecule has 1 unspecified atom stereocenters. The van der Waals surface area contributed by atoms with Crippen LogP contribution in [0.2, 0.25) is 0 Å². The Hall–Kier alpha value is -0.380. The maximum absolute atomic E-state index is 3.45. The number of nitrogens with zero attached hydrogens (tertiary/aromatic N) is 1. The van der Waals surface area contributed by atoms with E-state index in [0.29, 0.717) is 6.04 Å². The summed E-state index contributed by atoms with van der Waals surface area (Å²) in [5.74, 6) is 0. The lowest BCUT2D eigenvalue weighted by molar-refractivity contribution is 0.280. The van der Waals surface area contributed by atoms with Crippen LogP contribution in [0.3, 0.4) is 0 Å². The summed E-state index contributed by atoms with van der Waals surface area (Å²) in [4.78, 5) is 4.00. The van der Waals surface area contributed by atoms with Gasteiger partial charge >= 0.3 is 0 Å². The van der Waals surface area contributed by atoms with Crippen molar-refractivity contribution in [2.45, 2.75) is 39.2 Å². The summed E-state index contributed by atoms with van der Waals surface area (Å²) in [6, 6.07) is 5.03. The monoisotopic (exact) mass is 254 g/mol. The second-order valence-corrected chi connectivity index (χ2v) is 5.45. The molecule has 0 spiro atoms. The molecule has 17 heavy (non-hydrogen) atoms. The second-order valence-electron chi connectivity index (χ2n) is 4.42.